The largest absolute Gasteiger partial charge is 0.497 e. The fraction of sp³-hybridized carbons (Fsp3) is 0.263. The zero-order chi connectivity index (χ0) is 19.2. The predicted octanol–water partition coefficient (Wildman–Crippen LogP) is 3.07. The normalized spacial score (nSPS) is 25.4. The van der Waals surface area contributed by atoms with Crippen molar-refractivity contribution < 1.29 is 19.1 Å². The summed E-state index contributed by atoms with van der Waals surface area (Å²) in [6.45, 7) is 1.69. The average molecular weight is 388 g/mol. The second-order valence-electron chi connectivity index (χ2n) is 6.66. The van der Waals surface area contributed by atoms with Gasteiger partial charge in [0, 0.05) is 16.3 Å². The van der Waals surface area contributed by atoms with Crippen molar-refractivity contribution in [3.05, 3.63) is 53.1 Å². The molecule has 2 heterocycles. The number of halogens is 1. The quantitative estimate of drug-likeness (QED) is 0.755. The Morgan fingerprint density at radius 2 is 2.00 bits per heavy atom. The van der Waals surface area contributed by atoms with Crippen molar-refractivity contribution in [2.24, 2.45) is 5.92 Å². The van der Waals surface area contributed by atoms with Gasteiger partial charge in [-0.25, -0.2) is 4.79 Å². The number of ether oxygens (including phenoxy) is 2. The van der Waals surface area contributed by atoms with Gasteiger partial charge in [-0.3, -0.25) is 10.1 Å². The van der Waals surface area contributed by atoms with Crippen LogP contribution < -0.4 is 25.4 Å². The van der Waals surface area contributed by atoms with Gasteiger partial charge in [-0.1, -0.05) is 11.6 Å². The lowest BCUT2D eigenvalue weighted by atomic mass is 9.80. The number of methoxy groups -OCH3 is 1. The van der Waals surface area contributed by atoms with E-state index in [0.29, 0.717) is 27.8 Å². The number of anilines is 1. The number of rotatable bonds is 3. The topological polar surface area (TPSA) is 88.7 Å². The van der Waals surface area contributed by atoms with Crippen molar-refractivity contribution in [3.8, 4) is 11.5 Å². The number of fused-ring (bicyclic) bond motifs is 4. The highest BCUT2D eigenvalue weighted by Crippen LogP contribution is 2.45. The second-order valence-corrected chi connectivity index (χ2v) is 7.10. The maximum Gasteiger partial charge on any atom is 0.318 e. The van der Waals surface area contributed by atoms with Crippen LogP contribution in [0.15, 0.2) is 42.5 Å². The van der Waals surface area contributed by atoms with Gasteiger partial charge in [0.15, 0.2) is 5.72 Å². The number of carbonyl (C=O) groups is 2. The summed E-state index contributed by atoms with van der Waals surface area (Å²) in [5, 5.41) is 8.93. The number of hydrogen-bond donors (Lipinski definition) is 3. The fourth-order valence-electron chi connectivity index (χ4n) is 3.61. The minimum absolute atomic E-state index is 0.286. The Kier molecular flexibility index (Phi) is 4.11. The molecule has 140 valence electrons. The molecule has 3 atom stereocenters. The van der Waals surface area contributed by atoms with Crippen LogP contribution in [-0.4, -0.2) is 24.8 Å². The van der Waals surface area contributed by atoms with Gasteiger partial charge in [0.2, 0.25) is 5.91 Å². The first-order valence-electron chi connectivity index (χ1n) is 8.42. The molecule has 3 unspecified atom stereocenters. The van der Waals surface area contributed by atoms with E-state index in [2.05, 4.69) is 16.0 Å². The minimum atomic E-state index is -1.19. The van der Waals surface area contributed by atoms with E-state index in [1.165, 1.54) is 0 Å². The molecule has 1 fully saturated rings. The number of urea groups is 1. The first-order chi connectivity index (χ1) is 12.9. The van der Waals surface area contributed by atoms with Crippen molar-refractivity contribution in [2.75, 3.05) is 12.4 Å². The lowest BCUT2D eigenvalue weighted by Crippen LogP contribution is -2.70. The van der Waals surface area contributed by atoms with E-state index in [0.717, 1.165) is 0 Å². The third-order valence-electron chi connectivity index (χ3n) is 4.84. The molecule has 1 saturated heterocycles. The maximum atomic E-state index is 13.1. The molecule has 3 N–H and O–H groups in total. The van der Waals surface area contributed by atoms with Gasteiger partial charge in [-0.2, -0.15) is 0 Å². The van der Waals surface area contributed by atoms with Crippen LogP contribution in [0, 0.1) is 5.92 Å². The van der Waals surface area contributed by atoms with E-state index in [9.17, 15) is 9.59 Å². The van der Waals surface area contributed by atoms with Crippen molar-refractivity contribution in [3.63, 3.8) is 0 Å². The van der Waals surface area contributed by atoms with Crippen LogP contribution in [0.2, 0.25) is 5.02 Å². The highest BCUT2D eigenvalue weighted by atomic mass is 35.5. The molecule has 2 bridgehead atoms. The van der Waals surface area contributed by atoms with Crippen LogP contribution >= 0.6 is 11.6 Å². The Morgan fingerprint density at radius 3 is 2.70 bits per heavy atom. The van der Waals surface area contributed by atoms with Crippen LogP contribution in [-0.2, 0) is 4.79 Å². The van der Waals surface area contributed by atoms with Gasteiger partial charge in [0.25, 0.3) is 0 Å². The number of hydrogen-bond acceptors (Lipinski definition) is 4. The smallest absolute Gasteiger partial charge is 0.318 e. The average Bonchev–Trinajstić information content (AvgIpc) is 2.62. The summed E-state index contributed by atoms with van der Waals surface area (Å²) in [5.41, 5.74) is 0.0973. The fourth-order valence-corrected chi connectivity index (χ4v) is 3.79. The van der Waals surface area contributed by atoms with Crippen LogP contribution in [0.3, 0.4) is 0 Å². The van der Waals surface area contributed by atoms with Crippen LogP contribution in [0.1, 0.15) is 18.5 Å². The van der Waals surface area contributed by atoms with E-state index >= 15 is 0 Å². The molecule has 27 heavy (non-hydrogen) atoms. The molecule has 7 nitrogen and oxygen atoms in total. The summed E-state index contributed by atoms with van der Waals surface area (Å²) in [7, 11) is 1.58. The van der Waals surface area contributed by atoms with Gasteiger partial charge < -0.3 is 20.1 Å². The van der Waals surface area contributed by atoms with Gasteiger partial charge in [-0.15, -0.1) is 0 Å². The Hall–Kier alpha value is -2.93. The standard InChI is InChI=1S/C19H18ClN3O4/c1-19-15(17(24)21-11-4-6-12(26-2)7-5-11)16(22-18(25)23-19)13-9-10(20)3-8-14(13)27-19/h3-9,15-16H,1-2H3,(H,21,24)(H2,22,23,25). The number of carbonyl (C=O) groups excluding carboxylic acids is 2. The minimum Gasteiger partial charge on any atom is -0.497 e. The van der Waals surface area contributed by atoms with Crippen LogP contribution in [0.25, 0.3) is 0 Å². The first-order valence-corrected chi connectivity index (χ1v) is 8.79. The second kappa shape index (κ2) is 6.35. The maximum absolute atomic E-state index is 13.1. The SMILES string of the molecule is COc1ccc(NC(=O)C2C3NC(=O)NC2(C)Oc2ccc(Cl)cc23)cc1. The summed E-state index contributed by atoms with van der Waals surface area (Å²) in [6.07, 6.45) is 0. The van der Waals surface area contributed by atoms with Gasteiger partial charge in [-0.05, 0) is 49.4 Å². The summed E-state index contributed by atoms with van der Waals surface area (Å²) < 4.78 is 11.1. The summed E-state index contributed by atoms with van der Waals surface area (Å²) in [5.74, 6) is 0.275. The summed E-state index contributed by atoms with van der Waals surface area (Å²) in [4.78, 5) is 25.2. The lowest BCUT2D eigenvalue weighted by molar-refractivity contribution is -0.133. The molecule has 2 aliphatic rings. The molecule has 2 aliphatic heterocycles. The Labute approximate surface area is 161 Å². The molecule has 0 radical (unpaired) electrons. The molecule has 0 aromatic heterocycles. The monoisotopic (exact) mass is 387 g/mol. The zero-order valence-corrected chi connectivity index (χ0v) is 15.5. The van der Waals surface area contributed by atoms with E-state index < -0.39 is 23.7 Å². The van der Waals surface area contributed by atoms with Gasteiger partial charge in [0.05, 0.1) is 13.2 Å². The van der Waals surface area contributed by atoms with Crippen molar-refractivity contribution >= 4 is 29.2 Å². The van der Waals surface area contributed by atoms with E-state index in [4.69, 9.17) is 21.1 Å². The van der Waals surface area contributed by atoms with E-state index in [1.807, 2.05) is 0 Å². The molecule has 2 aromatic rings. The Balaban J connectivity index is 1.68. The molecule has 0 saturated carbocycles. The lowest BCUT2D eigenvalue weighted by Gasteiger charge is -2.49. The molecule has 2 aromatic carbocycles. The van der Waals surface area contributed by atoms with Crippen molar-refractivity contribution in [1.82, 2.24) is 10.6 Å². The highest BCUT2D eigenvalue weighted by molar-refractivity contribution is 6.30. The molecular weight excluding hydrogens is 370 g/mol. The third kappa shape index (κ3) is 3.04. The van der Waals surface area contributed by atoms with E-state index in [-0.39, 0.29) is 5.91 Å². The Bertz CT molecular complexity index is 918. The molecule has 0 aliphatic carbocycles. The van der Waals surface area contributed by atoms with Gasteiger partial charge in [0.1, 0.15) is 17.4 Å². The summed E-state index contributed by atoms with van der Waals surface area (Å²) in [6, 6.07) is 11.2. The predicted molar refractivity (Wildman–Crippen MR) is 100 cm³/mol. The number of nitrogens with one attached hydrogen (secondary N) is 3. The summed E-state index contributed by atoms with van der Waals surface area (Å²) >= 11 is 6.11. The molecule has 4 rings (SSSR count). The molecule has 0 spiro atoms. The molecule has 3 amide bonds. The van der Waals surface area contributed by atoms with Crippen LogP contribution in [0.5, 0.6) is 11.5 Å². The highest BCUT2D eigenvalue weighted by Gasteiger charge is 2.55. The third-order valence-corrected chi connectivity index (χ3v) is 5.08. The number of amides is 3. The zero-order valence-electron chi connectivity index (χ0n) is 14.7. The molecule has 8 heteroatoms. The van der Waals surface area contributed by atoms with Gasteiger partial charge >= 0.3 is 6.03 Å². The van der Waals surface area contributed by atoms with E-state index in [1.54, 1.807) is 56.5 Å². The molecular formula is C19H18ClN3O4. The van der Waals surface area contributed by atoms with Crippen LogP contribution in [0.4, 0.5) is 10.5 Å². The Morgan fingerprint density at radius 1 is 1.26 bits per heavy atom. The van der Waals surface area contributed by atoms with Crippen molar-refractivity contribution in [1.29, 1.82) is 0 Å². The number of benzene rings is 2. The van der Waals surface area contributed by atoms with Crippen molar-refractivity contribution in [2.45, 2.75) is 18.7 Å². The first kappa shape index (κ1) is 17.5.